The summed E-state index contributed by atoms with van der Waals surface area (Å²) in [6.07, 6.45) is -0.428. The lowest BCUT2D eigenvalue weighted by Gasteiger charge is -2.17. The number of halogens is 2. The Bertz CT molecular complexity index is 602. The summed E-state index contributed by atoms with van der Waals surface area (Å²) >= 11 is 11.8. The Hall–Kier alpha value is -1.71. The quantitative estimate of drug-likeness (QED) is 0.827. The second-order valence-corrected chi connectivity index (χ2v) is 5.10. The summed E-state index contributed by atoms with van der Waals surface area (Å²) in [4.78, 5) is 13.4. The van der Waals surface area contributed by atoms with Gasteiger partial charge in [-0.15, -0.1) is 0 Å². The Balaban J connectivity index is 1.98. The van der Waals surface area contributed by atoms with Gasteiger partial charge in [0.25, 0.3) is 0 Å². The van der Waals surface area contributed by atoms with E-state index in [1.807, 2.05) is 24.3 Å². The summed E-state index contributed by atoms with van der Waals surface area (Å²) in [5.74, 6) is 0.512. The number of carbonyl (C=O) groups is 1. The number of ether oxygens (including phenoxy) is 1. The van der Waals surface area contributed by atoms with Gasteiger partial charge in [-0.25, -0.2) is 4.79 Å². The Kier molecular flexibility index (Phi) is 4.88. The smallest absolute Gasteiger partial charge is 0.410 e. The molecule has 0 radical (unpaired) electrons. The molecule has 0 bridgehead atoms. The van der Waals surface area contributed by atoms with E-state index in [-0.39, 0.29) is 0 Å². The number of rotatable bonds is 3. The lowest BCUT2D eigenvalue weighted by Crippen LogP contribution is -2.29. The molecule has 0 aliphatic carbocycles. The van der Waals surface area contributed by atoms with E-state index < -0.39 is 6.09 Å². The molecule has 0 atom stereocenters. The van der Waals surface area contributed by atoms with E-state index in [9.17, 15) is 4.79 Å². The normalized spacial score (nSPS) is 10.2. The summed E-state index contributed by atoms with van der Waals surface area (Å²) in [5, 5.41) is 0.957. The van der Waals surface area contributed by atoms with Crippen molar-refractivity contribution < 1.29 is 9.53 Å². The third-order valence-corrected chi connectivity index (χ3v) is 3.40. The van der Waals surface area contributed by atoms with Crippen LogP contribution in [0.5, 0.6) is 5.75 Å². The minimum absolute atomic E-state index is 0.391. The minimum Gasteiger partial charge on any atom is -0.410 e. The minimum atomic E-state index is -0.428. The molecule has 0 saturated carbocycles. The number of hydrogen-bond acceptors (Lipinski definition) is 2. The van der Waals surface area contributed by atoms with Crippen molar-refractivity contribution in [1.82, 2.24) is 4.90 Å². The van der Waals surface area contributed by atoms with Gasteiger partial charge in [0.05, 0.1) is 10.0 Å². The molecule has 2 rings (SSSR count). The highest BCUT2D eigenvalue weighted by Gasteiger charge is 2.12. The average Bonchev–Trinajstić information content (AvgIpc) is 2.44. The van der Waals surface area contributed by atoms with Crippen molar-refractivity contribution >= 4 is 29.3 Å². The van der Waals surface area contributed by atoms with Gasteiger partial charge in [0.15, 0.2) is 0 Å². The number of nitrogens with zero attached hydrogens (tertiary/aromatic N) is 1. The van der Waals surface area contributed by atoms with E-state index in [1.165, 1.54) is 4.90 Å². The molecular formula is C15H13Cl2NO2. The molecule has 0 unspecified atom stereocenters. The highest BCUT2D eigenvalue weighted by molar-refractivity contribution is 6.42. The third kappa shape index (κ3) is 3.89. The molecule has 2 aromatic rings. The highest BCUT2D eigenvalue weighted by atomic mass is 35.5. The second kappa shape index (κ2) is 6.64. The number of hydrogen-bond donors (Lipinski definition) is 0. The van der Waals surface area contributed by atoms with Crippen LogP contribution in [0.2, 0.25) is 10.0 Å². The molecular weight excluding hydrogens is 297 g/mol. The molecule has 0 fully saturated rings. The fourth-order valence-corrected chi connectivity index (χ4v) is 1.96. The Morgan fingerprint density at radius 1 is 1.10 bits per heavy atom. The molecule has 5 heteroatoms. The van der Waals surface area contributed by atoms with Gasteiger partial charge in [-0.2, -0.15) is 0 Å². The van der Waals surface area contributed by atoms with Crippen molar-refractivity contribution in [2.24, 2.45) is 0 Å². The van der Waals surface area contributed by atoms with Crippen molar-refractivity contribution in [3.05, 3.63) is 64.1 Å². The molecule has 0 aliphatic rings. The number of amides is 1. The van der Waals surface area contributed by atoms with Crippen LogP contribution < -0.4 is 4.74 Å². The van der Waals surface area contributed by atoms with E-state index in [2.05, 4.69) is 0 Å². The Morgan fingerprint density at radius 3 is 2.45 bits per heavy atom. The molecule has 0 aliphatic heterocycles. The first-order valence-electron chi connectivity index (χ1n) is 5.98. The average molecular weight is 310 g/mol. The molecule has 3 nitrogen and oxygen atoms in total. The van der Waals surface area contributed by atoms with Crippen LogP contribution in [0.4, 0.5) is 4.79 Å². The number of carbonyl (C=O) groups excluding carboxylic acids is 1. The third-order valence-electron chi connectivity index (χ3n) is 2.66. The van der Waals surface area contributed by atoms with Crippen LogP contribution in [0.25, 0.3) is 0 Å². The lowest BCUT2D eigenvalue weighted by atomic mass is 10.2. The SMILES string of the molecule is CN(Cc1ccc(Cl)c(Cl)c1)C(=O)Oc1ccccc1. The maximum atomic E-state index is 11.9. The second-order valence-electron chi connectivity index (χ2n) is 4.29. The van der Waals surface area contributed by atoms with Gasteiger partial charge < -0.3 is 9.64 Å². The number of para-hydroxylation sites is 1. The fraction of sp³-hybridized carbons (Fsp3) is 0.133. The zero-order valence-corrected chi connectivity index (χ0v) is 12.4. The van der Waals surface area contributed by atoms with Gasteiger partial charge in [-0.1, -0.05) is 47.5 Å². The molecule has 2 aromatic carbocycles. The van der Waals surface area contributed by atoms with Crippen LogP contribution in [0, 0.1) is 0 Å². The molecule has 0 aromatic heterocycles. The van der Waals surface area contributed by atoms with Crippen LogP contribution in [-0.2, 0) is 6.54 Å². The van der Waals surface area contributed by atoms with Gasteiger partial charge >= 0.3 is 6.09 Å². The number of benzene rings is 2. The largest absolute Gasteiger partial charge is 0.415 e. The van der Waals surface area contributed by atoms with E-state index >= 15 is 0 Å². The first kappa shape index (κ1) is 14.7. The zero-order chi connectivity index (χ0) is 14.5. The van der Waals surface area contributed by atoms with E-state index in [0.29, 0.717) is 22.3 Å². The highest BCUT2D eigenvalue weighted by Crippen LogP contribution is 2.23. The molecule has 0 heterocycles. The van der Waals surface area contributed by atoms with Crippen molar-refractivity contribution in [3.63, 3.8) is 0 Å². The molecule has 0 N–H and O–H groups in total. The lowest BCUT2D eigenvalue weighted by molar-refractivity contribution is 0.161. The van der Waals surface area contributed by atoms with E-state index in [0.717, 1.165) is 5.56 Å². The summed E-state index contributed by atoms with van der Waals surface area (Å²) in [6, 6.07) is 14.2. The first-order chi connectivity index (χ1) is 9.56. The van der Waals surface area contributed by atoms with Crippen molar-refractivity contribution in [2.45, 2.75) is 6.54 Å². The van der Waals surface area contributed by atoms with Crippen LogP contribution in [0.1, 0.15) is 5.56 Å². The van der Waals surface area contributed by atoms with Gasteiger partial charge in [-0.05, 0) is 29.8 Å². The summed E-state index contributed by atoms with van der Waals surface area (Å²) < 4.78 is 5.23. The van der Waals surface area contributed by atoms with Crippen LogP contribution in [-0.4, -0.2) is 18.0 Å². The Morgan fingerprint density at radius 2 is 1.80 bits per heavy atom. The maximum absolute atomic E-state index is 11.9. The zero-order valence-electron chi connectivity index (χ0n) is 10.8. The maximum Gasteiger partial charge on any atom is 0.415 e. The van der Waals surface area contributed by atoms with Crippen molar-refractivity contribution in [2.75, 3.05) is 7.05 Å². The topological polar surface area (TPSA) is 29.5 Å². The van der Waals surface area contributed by atoms with Gasteiger partial charge in [0.2, 0.25) is 0 Å². The fourth-order valence-electron chi connectivity index (χ4n) is 1.64. The molecule has 0 spiro atoms. The van der Waals surface area contributed by atoms with Crippen molar-refractivity contribution in [3.8, 4) is 5.75 Å². The monoisotopic (exact) mass is 309 g/mol. The van der Waals surface area contributed by atoms with E-state index in [1.54, 1.807) is 31.3 Å². The van der Waals surface area contributed by atoms with Gasteiger partial charge in [0.1, 0.15) is 5.75 Å². The van der Waals surface area contributed by atoms with Crippen LogP contribution in [0.15, 0.2) is 48.5 Å². The summed E-state index contributed by atoms with van der Waals surface area (Å²) in [5.41, 5.74) is 0.881. The Labute approximate surface area is 127 Å². The molecule has 1 amide bonds. The standard InChI is InChI=1S/C15H13Cl2NO2/c1-18(10-11-7-8-13(16)14(17)9-11)15(19)20-12-5-3-2-4-6-12/h2-9H,10H2,1H3. The molecule has 20 heavy (non-hydrogen) atoms. The van der Waals surface area contributed by atoms with E-state index in [4.69, 9.17) is 27.9 Å². The summed E-state index contributed by atoms with van der Waals surface area (Å²) in [6.45, 7) is 0.391. The first-order valence-corrected chi connectivity index (χ1v) is 6.74. The predicted octanol–water partition coefficient (Wildman–Crippen LogP) is 4.62. The summed E-state index contributed by atoms with van der Waals surface area (Å²) in [7, 11) is 1.66. The molecule has 104 valence electrons. The van der Waals surface area contributed by atoms with Gasteiger partial charge in [-0.3, -0.25) is 0 Å². The van der Waals surface area contributed by atoms with Crippen LogP contribution >= 0.6 is 23.2 Å². The molecule has 0 saturated heterocycles. The predicted molar refractivity (Wildman–Crippen MR) is 80.4 cm³/mol. The van der Waals surface area contributed by atoms with Gasteiger partial charge in [0, 0.05) is 13.6 Å². The van der Waals surface area contributed by atoms with Crippen LogP contribution in [0.3, 0.4) is 0 Å². The van der Waals surface area contributed by atoms with Crippen molar-refractivity contribution in [1.29, 1.82) is 0 Å².